The van der Waals surface area contributed by atoms with Crippen molar-refractivity contribution in [3.8, 4) is 17.6 Å². The first-order valence-corrected chi connectivity index (χ1v) is 9.24. The molecule has 0 bridgehead atoms. The molecule has 0 atom stereocenters. The summed E-state index contributed by atoms with van der Waals surface area (Å²) >= 11 is 3.17. The minimum Gasteiger partial charge on any atom is -0.493 e. The Morgan fingerprint density at radius 2 is 1.78 bits per heavy atom. The molecule has 2 rings (SSSR count). The van der Waals surface area contributed by atoms with Crippen molar-refractivity contribution in [3.63, 3.8) is 0 Å². The fourth-order valence-corrected chi connectivity index (χ4v) is 2.87. The summed E-state index contributed by atoms with van der Waals surface area (Å²) in [5.41, 5.74) is 1.50. The first-order chi connectivity index (χ1) is 14.8. The molecule has 0 amide bonds. The minimum atomic E-state index is -6.48. The van der Waals surface area contributed by atoms with Crippen LogP contribution in [0.25, 0.3) is 0 Å². The van der Waals surface area contributed by atoms with Crippen molar-refractivity contribution in [2.75, 3.05) is 7.11 Å². The van der Waals surface area contributed by atoms with Gasteiger partial charge in [-0.2, -0.15) is 41.1 Å². The Labute approximate surface area is 185 Å². The molecule has 0 spiro atoms. The number of methoxy groups -OCH3 is 1. The van der Waals surface area contributed by atoms with Crippen LogP contribution in [0.4, 0.5) is 30.7 Å². The summed E-state index contributed by atoms with van der Waals surface area (Å²) in [7, 11) is 1.26. The fourth-order valence-electron chi connectivity index (χ4n) is 2.30. The SMILES string of the molecule is COc1cc(/C=N/NC(F)(F)C(F)(F)C(F)(F)F)cc(Br)c1OCc1ccccc1C#N. The van der Waals surface area contributed by atoms with Gasteiger partial charge in [-0.25, -0.2) is 5.43 Å². The number of hydrazone groups is 1. The third-order valence-corrected chi connectivity index (χ3v) is 4.52. The van der Waals surface area contributed by atoms with Gasteiger partial charge < -0.3 is 9.47 Å². The van der Waals surface area contributed by atoms with Gasteiger partial charge in [-0.15, -0.1) is 0 Å². The van der Waals surface area contributed by atoms with Gasteiger partial charge in [-0.05, 0) is 39.7 Å². The molecule has 0 aliphatic rings. The predicted molar refractivity (Wildman–Crippen MR) is 103 cm³/mol. The number of alkyl halides is 7. The highest BCUT2D eigenvalue weighted by atomic mass is 79.9. The molecule has 0 fully saturated rings. The Morgan fingerprint density at radius 3 is 2.38 bits per heavy atom. The third kappa shape index (κ3) is 5.42. The highest BCUT2D eigenvalue weighted by Crippen LogP contribution is 2.45. The zero-order valence-electron chi connectivity index (χ0n) is 16.0. The lowest BCUT2D eigenvalue weighted by Gasteiger charge is -2.27. The lowest BCUT2D eigenvalue weighted by Crippen LogP contribution is -2.58. The molecule has 172 valence electrons. The number of nitrogens with one attached hydrogen (secondary N) is 1. The average Bonchev–Trinajstić information content (AvgIpc) is 2.71. The van der Waals surface area contributed by atoms with Crippen LogP contribution in [-0.2, 0) is 6.61 Å². The third-order valence-electron chi connectivity index (χ3n) is 3.93. The van der Waals surface area contributed by atoms with E-state index in [1.54, 1.807) is 24.3 Å². The second-order valence-corrected chi connectivity index (χ2v) is 6.96. The van der Waals surface area contributed by atoms with E-state index < -0.39 is 18.1 Å². The first-order valence-electron chi connectivity index (χ1n) is 8.45. The van der Waals surface area contributed by atoms with E-state index in [1.807, 2.05) is 6.07 Å². The first kappa shape index (κ1) is 25.3. The standard InChI is InChI=1S/C19H13BrF7N3O2/c1-31-15-7-11(9-29-30-19(26,27)17(21,22)18(23,24)25)6-14(20)16(15)32-10-13-5-3-2-4-12(13)8-28/h2-7,9,30H,10H2,1H3/b29-9+. The van der Waals surface area contributed by atoms with Crippen molar-refractivity contribution in [1.29, 1.82) is 5.26 Å². The van der Waals surface area contributed by atoms with Crippen molar-refractivity contribution in [2.45, 2.75) is 24.8 Å². The van der Waals surface area contributed by atoms with Crippen molar-refractivity contribution in [3.05, 3.63) is 57.6 Å². The number of nitrogens with zero attached hydrogens (tertiary/aromatic N) is 2. The van der Waals surface area contributed by atoms with Crippen LogP contribution in [0.15, 0.2) is 46.0 Å². The van der Waals surface area contributed by atoms with Crippen LogP contribution in [-0.4, -0.2) is 31.5 Å². The van der Waals surface area contributed by atoms with E-state index in [0.29, 0.717) is 22.8 Å². The summed E-state index contributed by atoms with van der Waals surface area (Å²) in [6.45, 7) is -0.0214. The molecule has 0 radical (unpaired) electrons. The second kappa shape index (κ2) is 9.64. The maximum atomic E-state index is 13.2. The van der Waals surface area contributed by atoms with E-state index in [1.165, 1.54) is 19.2 Å². The molecule has 0 heterocycles. The highest BCUT2D eigenvalue weighted by Gasteiger charge is 2.73. The largest absolute Gasteiger partial charge is 0.493 e. The normalized spacial score (nSPS) is 12.5. The molecule has 0 aliphatic carbocycles. The van der Waals surface area contributed by atoms with Crippen LogP contribution in [0.1, 0.15) is 16.7 Å². The van der Waals surface area contributed by atoms with Crippen LogP contribution in [0.3, 0.4) is 0 Å². The Morgan fingerprint density at radius 1 is 1.12 bits per heavy atom. The van der Waals surface area contributed by atoms with E-state index >= 15 is 0 Å². The maximum Gasteiger partial charge on any atom is 0.462 e. The van der Waals surface area contributed by atoms with Gasteiger partial charge in [0.15, 0.2) is 11.5 Å². The van der Waals surface area contributed by atoms with Crippen molar-refractivity contribution in [2.24, 2.45) is 5.10 Å². The molecule has 13 heteroatoms. The molecule has 0 aliphatic heterocycles. The molecule has 0 unspecified atom stereocenters. The topological polar surface area (TPSA) is 66.6 Å². The fraction of sp³-hybridized carbons (Fsp3) is 0.263. The zero-order valence-corrected chi connectivity index (χ0v) is 17.6. The number of ether oxygens (including phenoxy) is 2. The Hall–Kier alpha value is -3.01. The number of halogens is 8. The molecule has 2 aromatic rings. The van der Waals surface area contributed by atoms with E-state index in [2.05, 4.69) is 21.0 Å². The Kier molecular flexibility index (Phi) is 7.61. The summed E-state index contributed by atoms with van der Waals surface area (Å²) in [5, 5.41) is 11.9. The van der Waals surface area contributed by atoms with E-state index in [0.717, 1.165) is 0 Å². The summed E-state index contributed by atoms with van der Waals surface area (Å²) in [6, 6.07) is 5.47. The Bertz CT molecular complexity index is 1040. The molecule has 0 saturated heterocycles. The molecular formula is C19H13BrF7N3O2. The van der Waals surface area contributed by atoms with E-state index in [4.69, 9.17) is 14.7 Å². The monoisotopic (exact) mass is 527 g/mol. The molecule has 0 saturated carbocycles. The maximum absolute atomic E-state index is 13.2. The van der Waals surface area contributed by atoms with Crippen LogP contribution >= 0.6 is 15.9 Å². The minimum absolute atomic E-state index is 0.0112. The smallest absolute Gasteiger partial charge is 0.462 e. The second-order valence-electron chi connectivity index (χ2n) is 6.11. The van der Waals surface area contributed by atoms with Gasteiger partial charge in [0.05, 0.1) is 29.4 Å². The summed E-state index contributed by atoms with van der Waals surface area (Å²) in [6.07, 6.45) is -5.88. The van der Waals surface area contributed by atoms with Crippen molar-refractivity contribution < 1.29 is 40.2 Å². The van der Waals surface area contributed by atoms with Gasteiger partial charge in [0.1, 0.15) is 6.61 Å². The molecule has 32 heavy (non-hydrogen) atoms. The summed E-state index contributed by atoms with van der Waals surface area (Å²) < 4.78 is 99.7. The predicted octanol–water partition coefficient (Wildman–Crippen LogP) is 5.62. The van der Waals surface area contributed by atoms with E-state index in [-0.39, 0.29) is 28.1 Å². The number of benzene rings is 2. The molecule has 2 aromatic carbocycles. The lowest BCUT2D eigenvalue weighted by molar-refractivity contribution is -0.361. The molecule has 0 aromatic heterocycles. The number of nitriles is 1. The lowest BCUT2D eigenvalue weighted by atomic mass is 10.1. The van der Waals surface area contributed by atoms with Crippen LogP contribution in [0, 0.1) is 11.3 Å². The number of hydrogen-bond acceptors (Lipinski definition) is 5. The van der Waals surface area contributed by atoms with Gasteiger partial charge >= 0.3 is 18.1 Å². The van der Waals surface area contributed by atoms with Crippen LogP contribution in [0.5, 0.6) is 11.5 Å². The van der Waals surface area contributed by atoms with Crippen molar-refractivity contribution in [1.82, 2.24) is 5.43 Å². The van der Waals surface area contributed by atoms with Gasteiger partial charge in [-0.3, -0.25) is 0 Å². The summed E-state index contributed by atoms with van der Waals surface area (Å²) in [4.78, 5) is 0. The van der Waals surface area contributed by atoms with Crippen LogP contribution < -0.4 is 14.9 Å². The highest BCUT2D eigenvalue weighted by molar-refractivity contribution is 9.10. The number of hydrogen-bond donors (Lipinski definition) is 1. The Balaban J connectivity index is 2.20. The number of rotatable bonds is 8. The van der Waals surface area contributed by atoms with Gasteiger partial charge in [0, 0.05) is 5.56 Å². The van der Waals surface area contributed by atoms with Gasteiger partial charge in [0.25, 0.3) is 0 Å². The average molecular weight is 528 g/mol. The van der Waals surface area contributed by atoms with Crippen molar-refractivity contribution >= 4 is 22.1 Å². The molecule has 5 nitrogen and oxygen atoms in total. The molecular weight excluding hydrogens is 515 g/mol. The van der Waals surface area contributed by atoms with Crippen LogP contribution in [0.2, 0.25) is 0 Å². The zero-order chi connectivity index (χ0) is 24.2. The quantitative estimate of drug-likeness (QED) is 0.209. The molecule has 1 N–H and O–H groups in total. The summed E-state index contributed by atoms with van der Waals surface area (Å²) in [5.74, 6) is -6.10. The van der Waals surface area contributed by atoms with Gasteiger partial charge in [0.2, 0.25) is 0 Å². The van der Waals surface area contributed by atoms with Gasteiger partial charge in [-0.1, -0.05) is 18.2 Å². The van der Waals surface area contributed by atoms with E-state index in [9.17, 15) is 30.7 Å².